The SMILES string of the molecule is N#Cc1ccc(N2CCCN(c3ccc(C#N)c(C(F)(F)F)c3)CC2)cc1. The highest BCUT2D eigenvalue weighted by Crippen LogP contribution is 2.34. The first-order valence-electron chi connectivity index (χ1n) is 8.54. The van der Waals surface area contributed by atoms with Crippen LogP contribution in [0.25, 0.3) is 0 Å². The largest absolute Gasteiger partial charge is 0.417 e. The van der Waals surface area contributed by atoms with Crippen LogP contribution in [0.5, 0.6) is 0 Å². The van der Waals surface area contributed by atoms with Crippen molar-refractivity contribution in [2.45, 2.75) is 12.6 Å². The minimum absolute atomic E-state index is 0.361. The number of benzene rings is 2. The van der Waals surface area contributed by atoms with Crippen molar-refractivity contribution in [1.29, 1.82) is 10.5 Å². The molecule has 4 nitrogen and oxygen atoms in total. The first-order chi connectivity index (χ1) is 12.9. The van der Waals surface area contributed by atoms with Gasteiger partial charge in [-0.3, -0.25) is 0 Å². The molecule has 0 amide bonds. The van der Waals surface area contributed by atoms with Gasteiger partial charge in [0.1, 0.15) is 0 Å². The fourth-order valence-corrected chi connectivity index (χ4v) is 3.24. The Kier molecular flexibility index (Phi) is 5.23. The first-order valence-corrected chi connectivity index (χ1v) is 8.54. The molecule has 0 atom stereocenters. The molecule has 0 N–H and O–H groups in total. The number of nitrogens with zero attached hydrogens (tertiary/aromatic N) is 4. The topological polar surface area (TPSA) is 54.1 Å². The van der Waals surface area contributed by atoms with Crippen LogP contribution in [0.3, 0.4) is 0 Å². The van der Waals surface area contributed by atoms with Gasteiger partial charge in [-0.05, 0) is 48.9 Å². The van der Waals surface area contributed by atoms with E-state index in [9.17, 15) is 13.2 Å². The second-order valence-electron chi connectivity index (χ2n) is 6.33. The predicted octanol–water partition coefficient (Wildman–Crippen LogP) is 4.17. The molecule has 1 aliphatic rings. The molecule has 1 saturated heterocycles. The maximum absolute atomic E-state index is 13.2. The summed E-state index contributed by atoms with van der Waals surface area (Å²) < 4.78 is 39.6. The van der Waals surface area contributed by atoms with Crippen molar-refractivity contribution in [3.05, 3.63) is 59.2 Å². The molecule has 0 spiro atoms. The van der Waals surface area contributed by atoms with Crippen molar-refractivity contribution < 1.29 is 13.2 Å². The number of anilines is 2. The van der Waals surface area contributed by atoms with Gasteiger partial charge in [-0.25, -0.2) is 0 Å². The van der Waals surface area contributed by atoms with Crippen LogP contribution >= 0.6 is 0 Å². The highest BCUT2D eigenvalue weighted by Gasteiger charge is 2.34. The summed E-state index contributed by atoms with van der Waals surface area (Å²) in [5, 5.41) is 17.8. The molecule has 7 heteroatoms. The molecule has 138 valence electrons. The Hall–Kier alpha value is -3.19. The van der Waals surface area contributed by atoms with Gasteiger partial charge in [0, 0.05) is 37.6 Å². The van der Waals surface area contributed by atoms with Crippen LogP contribution in [-0.4, -0.2) is 26.2 Å². The van der Waals surface area contributed by atoms with Gasteiger partial charge in [0.15, 0.2) is 0 Å². The lowest BCUT2D eigenvalue weighted by molar-refractivity contribution is -0.137. The predicted molar refractivity (Wildman–Crippen MR) is 96.4 cm³/mol. The van der Waals surface area contributed by atoms with Gasteiger partial charge in [0.25, 0.3) is 0 Å². The van der Waals surface area contributed by atoms with Crippen LogP contribution in [0.1, 0.15) is 23.1 Å². The molecular weight excluding hydrogens is 353 g/mol. The van der Waals surface area contributed by atoms with Gasteiger partial charge >= 0.3 is 6.18 Å². The average Bonchev–Trinajstić information content (AvgIpc) is 2.93. The summed E-state index contributed by atoms with van der Waals surface area (Å²) in [4.78, 5) is 4.08. The number of nitriles is 2. The molecule has 27 heavy (non-hydrogen) atoms. The second-order valence-corrected chi connectivity index (χ2v) is 6.33. The van der Waals surface area contributed by atoms with Gasteiger partial charge in [0.05, 0.1) is 28.8 Å². The normalized spacial score (nSPS) is 15.0. The molecule has 0 saturated carbocycles. The van der Waals surface area contributed by atoms with E-state index in [1.165, 1.54) is 6.07 Å². The summed E-state index contributed by atoms with van der Waals surface area (Å²) in [6, 6.07) is 14.9. The smallest absolute Gasteiger partial charge is 0.370 e. The van der Waals surface area contributed by atoms with E-state index in [-0.39, 0.29) is 5.56 Å². The van der Waals surface area contributed by atoms with E-state index in [1.54, 1.807) is 24.3 Å². The molecule has 1 aliphatic heterocycles. The van der Waals surface area contributed by atoms with Gasteiger partial charge in [-0.15, -0.1) is 0 Å². The molecule has 0 radical (unpaired) electrons. The zero-order valence-corrected chi connectivity index (χ0v) is 14.5. The zero-order valence-electron chi connectivity index (χ0n) is 14.5. The average molecular weight is 370 g/mol. The van der Waals surface area contributed by atoms with Gasteiger partial charge in [-0.2, -0.15) is 23.7 Å². The third-order valence-corrected chi connectivity index (χ3v) is 4.65. The van der Waals surface area contributed by atoms with Gasteiger partial charge in [0.2, 0.25) is 0 Å². The van der Waals surface area contributed by atoms with Crippen LogP contribution < -0.4 is 9.80 Å². The summed E-state index contributed by atoms with van der Waals surface area (Å²) in [6.45, 7) is 2.65. The molecule has 1 heterocycles. The molecule has 1 fully saturated rings. The fraction of sp³-hybridized carbons (Fsp3) is 0.300. The second kappa shape index (κ2) is 7.59. The molecule has 0 aromatic heterocycles. The molecule has 2 aromatic rings. The van der Waals surface area contributed by atoms with Crippen molar-refractivity contribution in [2.75, 3.05) is 36.0 Å². The highest BCUT2D eigenvalue weighted by atomic mass is 19.4. The van der Waals surface area contributed by atoms with Crippen LogP contribution in [-0.2, 0) is 6.18 Å². The van der Waals surface area contributed by atoms with E-state index in [1.807, 2.05) is 17.0 Å². The number of hydrogen-bond acceptors (Lipinski definition) is 4. The molecular formula is C20H17F3N4. The lowest BCUT2D eigenvalue weighted by Gasteiger charge is -2.25. The van der Waals surface area contributed by atoms with E-state index in [0.29, 0.717) is 30.9 Å². The van der Waals surface area contributed by atoms with Gasteiger partial charge < -0.3 is 9.80 Å². The minimum atomic E-state index is -4.55. The third-order valence-electron chi connectivity index (χ3n) is 4.65. The summed E-state index contributed by atoms with van der Waals surface area (Å²) in [6.07, 6.45) is -3.76. The number of halogens is 3. The zero-order chi connectivity index (χ0) is 19.4. The third kappa shape index (κ3) is 4.15. The number of rotatable bonds is 2. The van der Waals surface area contributed by atoms with Crippen LogP contribution in [0.15, 0.2) is 42.5 Å². The van der Waals surface area contributed by atoms with E-state index in [2.05, 4.69) is 11.0 Å². The Balaban J connectivity index is 1.78. The van der Waals surface area contributed by atoms with Crippen LogP contribution in [0.4, 0.5) is 24.5 Å². The molecule has 0 bridgehead atoms. The molecule has 3 rings (SSSR count). The Morgan fingerprint density at radius 1 is 0.778 bits per heavy atom. The van der Waals surface area contributed by atoms with E-state index in [0.717, 1.165) is 24.7 Å². The summed E-state index contributed by atoms with van der Waals surface area (Å²) in [5.74, 6) is 0. The maximum Gasteiger partial charge on any atom is 0.417 e. The summed E-state index contributed by atoms with van der Waals surface area (Å²) in [7, 11) is 0. The minimum Gasteiger partial charge on any atom is -0.370 e. The maximum atomic E-state index is 13.2. The Morgan fingerprint density at radius 2 is 1.37 bits per heavy atom. The standard InChI is InChI=1S/C20H17F3N4/c21-20(22,23)19-12-18(7-4-16(19)14-25)27-9-1-8-26(10-11-27)17-5-2-15(13-24)3-6-17/h2-7,12H,1,8-11H2. The summed E-state index contributed by atoms with van der Waals surface area (Å²) >= 11 is 0. The Bertz CT molecular complexity index is 891. The monoisotopic (exact) mass is 370 g/mol. The fourth-order valence-electron chi connectivity index (χ4n) is 3.24. The number of hydrogen-bond donors (Lipinski definition) is 0. The highest BCUT2D eigenvalue weighted by molar-refractivity contribution is 5.56. The quantitative estimate of drug-likeness (QED) is 0.796. The number of alkyl halides is 3. The van der Waals surface area contributed by atoms with Crippen molar-refractivity contribution >= 4 is 11.4 Å². The molecule has 0 aliphatic carbocycles. The molecule has 0 unspecified atom stereocenters. The Labute approximate surface area is 155 Å². The van der Waals surface area contributed by atoms with Crippen molar-refractivity contribution in [1.82, 2.24) is 0 Å². The van der Waals surface area contributed by atoms with Crippen molar-refractivity contribution in [3.63, 3.8) is 0 Å². The Morgan fingerprint density at radius 3 is 1.93 bits per heavy atom. The van der Waals surface area contributed by atoms with Crippen molar-refractivity contribution in [3.8, 4) is 12.1 Å². The van der Waals surface area contributed by atoms with E-state index in [4.69, 9.17) is 10.5 Å². The van der Waals surface area contributed by atoms with E-state index >= 15 is 0 Å². The van der Waals surface area contributed by atoms with Crippen LogP contribution in [0, 0.1) is 22.7 Å². The molecule has 2 aromatic carbocycles. The van der Waals surface area contributed by atoms with Crippen LogP contribution in [0.2, 0.25) is 0 Å². The van der Waals surface area contributed by atoms with E-state index < -0.39 is 11.7 Å². The lowest BCUT2D eigenvalue weighted by Crippen LogP contribution is -2.30. The summed E-state index contributed by atoms with van der Waals surface area (Å²) in [5.41, 5.74) is 0.804. The lowest BCUT2D eigenvalue weighted by atomic mass is 10.1. The van der Waals surface area contributed by atoms with Crippen molar-refractivity contribution in [2.24, 2.45) is 0 Å². The van der Waals surface area contributed by atoms with Gasteiger partial charge in [-0.1, -0.05) is 0 Å². The first kappa shape index (κ1) is 18.6.